The summed E-state index contributed by atoms with van der Waals surface area (Å²) in [6.45, 7) is 0.830. The standard InChI is InChI=1S/C12H12ClN5O2S/c13-12-6-11(3-2-10(12)7-14)21(19,20)17-4-1-5-18-9-15-8-16-18/h2-3,6,8-9,17H,1,4-5H2. The molecule has 0 aliphatic rings. The first kappa shape index (κ1) is 15.4. The molecule has 0 saturated heterocycles. The van der Waals surface area contributed by atoms with Crippen LogP contribution in [0.1, 0.15) is 12.0 Å². The number of sulfonamides is 1. The predicted molar refractivity (Wildman–Crippen MR) is 76.0 cm³/mol. The average Bonchev–Trinajstić information content (AvgIpc) is 2.97. The van der Waals surface area contributed by atoms with Crippen LogP contribution in [0.3, 0.4) is 0 Å². The first-order valence-electron chi connectivity index (χ1n) is 6.04. The summed E-state index contributed by atoms with van der Waals surface area (Å²) in [6.07, 6.45) is 3.56. The number of hydrogen-bond acceptors (Lipinski definition) is 5. The van der Waals surface area contributed by atoms with Gasteiger partial charge >= 0.3 is 0 Å². The van der Waals surface area contributed by atoms with E-state index in [1.807, 2.05) is 6.07 Å². The fourth-order valence-electron chi connectivity index (χ4n) is 1.63. The number of aryl methyl sites for hydroxylation is 1. The first-order chi connectivity index (χ1) is 10.0. The summed E-state index contributed by atoms with van der Waals surface area (Å²) >= 11 is 5.83. The van der Waals surface area contributed by atoms with E-state index < -0.39 is 10.0 Å². The van der Waals surface area contributed by atoms with Crippen molar-refractivity contribution in [1.29, 1.82) is 5.26 Å². The number of aromatic nitrogens is 3. The molecule has 1 aromatic heterocycles. The maximum absolute atomic E-state index is 12.1. The van der Waals surface area contributed by atoms with E-state index >= 15 is 0 Å². The number of benzene rings is 1. The molecule has 110 valence electrons. The lowest BCUT2D eigenvalue weighted by atomic mass is 10.2. The number of nitriles is 1. The molecule has 1 aromatic carbocycles. The molecule has 0 amide bonds. The Kier molecular flexibility index (Phi) is 4.90. The quantitative estimate of drug-likeness (QED) is 0.803. The second kappa shape index (κ2) is 6.67. The van der Waals surface area contributed by atoms with Gasteiger partial charge in [0.2, 0.25) is 10.0 Å². The van der Waals surface area contributed by atoms with Crippen LogP contribution in [0.5, 0.6) is 0 Å². The molecule has 0 bridgehead atoms. The van der Waals surface area contributed by atoms with E-state index in [9.17, 15) is 8.42 Å². The van der Waals surface area contributed by atoms with Gasteiger partial charge in [-0.05, 0) is 24.6 Å². The van der Waals surface area contributed by atoms with Crippen molar-refractivity contribution in [1.82, 2.24) is 19.5 Å². The molecule has 2 rings (SSSR count). The summed E-state index contributed by atoms with van der Waals surface area (Å²) in [4.78, 5) is 3.83. The van der Waals surface area contributed by atoms with E-state index in [0.717, 1.165) is 0 Å². The molecule has 0 atom stereocenters. The molecular formula is C12H12ClN5O2S. The summed E-state index contributed by atoms with van der Waals surface area (Å²) < 4.78 is 28.2. The highest BCUT2D eigenvalue weighted by atomic mass is 35.5. The van der Waals surface area contributed by atoms with E-state index in [2.05, 4.69) is 14.8 Å². The van der Waals surface area contributed by atoms with Crippen LogP contribution in [0, 0.1) is 11.3 Å². The Bertz CT molecular complexity index is 752. The zero-order valence-corrected chi connectivity index (χ0v) is 12.5. The molecule has 0 saturated carbocycles. The molecule has 1 N–H and O–H groups in total. The minimum absolute atomic E-state index is 0.0345. The SMILES string of the molecule is N#Cc1ccc(S(=O)(=O)NCCCn2cncn2)cc1Cl. The van der Waals surface area contributed by atoms with Crippen LogP contribution in [0.4, 0.5) is 0 Å². The van der Waals surface area contributed by atoms with Gasteiger partial charge in [-0.15, -0.1) is 0 Å². The van der Waals surface area contributed by atoms with E-state index in [1.54, 1.807) is 11.0 Å². The van der Waals surface area contributed by atoms with Crippen LogP contribution in [-0.2, 0) is 16.6 Å². The molecule has 0 radical (unpaired) electrons. The van der Waals surface area contributed by atoms with Gasteiger partial charge in [0.05, 0.1) is 15.5 Å². The second-order valence-electron chi connectivity index (χ2n) is 4.16. The predicted octanol–water partition coefficient (Wildman–Crippen LogP) is 1.17. The van der Waals surface area contributed by atoms with E-state index in [0.29, 0.717) is 13.0 Å². The third-order valence-electron chi connectivity index (χ3n) is 2.69. The molecular weight excluding hydrogens is 314 g/mol. The van der Waals surface area contributed by atoms with Crippen molar-refractivity contribution in [2.75, 3.05) is 6.54 Å². The first-order valence-corrected chi connectivity index (χ1v) is 7.91. The molecule has 7 nitrogen and oxygen atoms in total. The van der Waals surface area contributed by atoms with Crippen molar-refractivity contribution < 1.29 is 8.42 Å². The normalized spacial score (nSPS) is 11.2. The monoisotopic (exact) mass is 325 g/mol. The van der Waals surface area contributed by atoms with E-state index in [-0.39, 0.29) is 22.0 Å². The van der Waals surface area contributed by atoms with Gasteiger partial charge in [0.15, 0.2) is 0 Å². The molecule has 21 heavy (non-hydrogen) atoms. The number of hydrogen-bond donors (Lipinski definition) is 1. The molecule has 0 aliphatic carbocycles. The molecule has 2 aromatic rings. The Balaban J connectivity index is 1.95. The van der Waals surface area contributed by atoms with Crippen molar-refractivity contribution in [3.05, 3.63) is 41.4 Å². The maximum Gasteiger partial charge on any atom is 0.240 e. The second-order valence-corrected chi connectivity index (χ2v) is 6.34. The zero-order chi connectivity index (χ0) is 15.3. The number of rotatable bonds is 6. The van der Waals surface area contributed by atoms with Crippen LogP contribution in [-0.4, -0.2) is 29.7 Å². The van der Waals surface area contributed by atoms with Gasteiger partial charge < -0.3 is 0 Å². The smallest absolute Gasteiger partial charge is 0.240 e. The summed E-state index contributed by atoms with van der Waals surface area (Å²) in [6, 6.07) is 5.88. The fourth-order valence-corrected chi connectivity index (χ4v) is 3.02. The largest absolute Gasteiger partial charge is 0.253 e. The van der Waals surface area contributed by atoms with Gasteiger partial charge in [0.1, 0.15) is 18.7 Å². The van der Waals surface area contributed by atoms with Gasteiger partial charge in [-0.2, -0.15) is 10.4 Å². The fraction of sp³-hybridized carbons (Fsp3) is 0.250. The summed E-state index contributed by atoms with van der Waals surface area (Å²) in [5, 5.41) is 12.8. The van der Waals surface area contributed by atoms with Crippen molar-refractivity contribution >= 4 is 21.6 Å². The highest BCUT2D eigenvalue weighted by Gasteiger charge is 2.15. The van der Waals surface area contributed by atoms with Crippen LogP contribution in [0.15, 0.2) is 35.7 Å². The Morgan fingerprint density at radius 2 is 2.24 bits per heavy atom. The lowest BCUT2D eigenvalue weighted by Crippen LogP contribution is -2.25. The van der Waals surface area contributed by atoms with Gasteiger partial charge in [0.25, 0.3) is 0 Å². The maximum atomic E-state index is 12.1. The molecule has 0 fully saturated rings. The van der Waals surface area contributed by atoms with E-state index in [1.165, 1.54) is 24.5 Å². The van der Waals surface area contributed by atoms with Gasteiger partial charge in [-0.3, -0.25) is 4.68 Å². The topological polar surface area (TPSA) is 101 Å². The Hall–Kier alpha value is -1.95. The van der Waals surface area contributed by atoms with Crippen LogP contribution >= 0.6 is 11.6 Å². The number of halogens is 1. The summed E-state index contributed by atoms with van der Waals surface area (Å²) in [5.41, 5.74) is 0.238. The third-order valence-corrected chi connectivity index (χ3v) is 4.47. The average molecular weight is 326 g/mol. The molecule has 0 spiro atoms. The van der Waals surface area contributed by atoms with Crippen molar-refractivity contribution in [2.45, 2.75) is 17.9 Å². The summed E-state index contributed by atoms with van der Waals surface area (Å²) in [5.74, 6) is 0. The van der Waals surface area contributed by atoms with Gasteiger partial charge in [0, 0.05) is 13.1 Å². The Labute approximate surface area is 127 Å². The summed E-state index contributed by atoms with van der Waals surface area (Å²) in [7, 11) is -3.64. The van der Waals surface area contributed by atoms with Crippen molar-refractivity contribution in [2.24, 2.45) is 0 Å². The van der Waals surface area contributed by atoms with E-state index in [4.69, 9.17) is 16.9 Å². The lowest BCUT2D eigenvalue weighted by Gasteiger charge is -2.07. The van der Waals surface area contributed by atoms with Crippen molar-refractivity contribution in [3.8, 4) is 6.07 Å². The van der Waals surface area contributed by atoms with Crippen LogP contribution in [0.2, 0.25) is 5.02 Å². The number of nitrogens with zero attached hydrogens (tertiary/aromatic N) is 4. The lowest BCUT2D eigenvalue weighted by molar-refractivity contribution is 0.552. The highest BCUT2D eigenvalue weighted by Crippen LogP contribution is 2.19. The van der Waals surface area contributed by atoms with Gasteiger partial charge in [-0.25, -0.2) is 18.1 Å². The van der Waals surface area contributed by atoms with Gasteiger partial charge in [-0.1, -0.05) is 11.6 Å². The highest BCUT2D eigenvalue weighted by molar-refractivity contribution is 7.89. The van der Waals surface area contributed by atoms with Crippen molar-refractivity contribution in [3.63, 3.8) is 0 Å². The van der Waals surface area contributed by atoms with Crippen LogP contribution < -0.4 is 4.72 Å². The molecule has 0 unspecified atom stereocenters. The minimum Gasteiger partial charge on any atom is -0.253 e. The Morgan fingerprint density at radius 3 is 2.86 bits per heavy atom. The minimum atomic E-state index is -3.64. The Morgan fingerprint density at radius 1 is 1.43 bits per heavy atom. The molecule has 1 heterocycles. The zero-order valence-electron chi connectivity index (χ0n) is 10.9. The molecule has 9 heteroatoms. The van der Waals surface area contributed by atoms with Crippen LogP contribution in [0.25, 0.3) is 0 Å². The third kappa shape index (κ3) is 4.01. The molecule has 0 aliphatic heterocycles. The number of nitrogens with one attached hydrogen (secondary N) is 1.